The lowest BCUT2D eigenvalue weighted by Crippen LogP contribution is -2.51. The van der Waals surface area contributed by atoms with Gasteiger partial charge in [-0.3, -0.25) is 14.5 Å². The second-order valence-corrected chi connectivity index (χ2v) is 6.34. The van der Waals surface area contributed by atoms with Crippen molar-refractivity contribution in [3.05, 3.63) is 34.3 Å². The van der Waals surface area contributed by atoms with Gasteiger partial charge in [0.05, 0.1) is 6.54 Å². The molecule has 0 unspecified atom stereocenters. The third-order valence-corrected chi connectivity index (χ3v) is 4.16. The van der Waals surface area contributed by atoms with Crippen molar-refractivity contribution >= 4 is 27.7 Å². The molecule has 5 nitrogen and oxygen atoms in total. The summed E-state index contributed by atoms with van der Waals surface area (Å²) in [6.45, 7) is 5.96. The van der Waals surface area contributed by atoms with Crippen LogP contribution in [0.2, 0.25) is 0 Å². The highest BCUT2D eigenvalue weighted by atomic mass is 79.9. The van der Waals surface area contributed by atoms with E-state index in [1.807, 2.05) is 36.1 Å². The Balaban J connectivity index is 1.82. The second-order valence-electron chi connectivity index (χ2n) is 5.43. The fourth-order valence-corrected chi connectivity index (χ4v) is 2.84. The molecule has 6 heteroatoms. The van der Waals surface area contributed by atoms with Crippen molar-refractivity contribution in [1.82, 2.24) is 15.1 Å². The quantitative estimate of drug-likeness (QED) is 0.862. The lowest BCUT2D eigenvalue weighted by Gasteiger charge is -2.34. The van der Waals surface area contributed by atoms with Crippen molar-refractivity contribution in [2.45, 2.75) is 13.3 Å². The Morgan fingerprint density at radius 1 is 1.23 bits per heavy atom. The molecule has 1 aromatic rings. The van der Waals surface area contributed by atoms with Crippen molar-refractivity contribution < 1.29 is 9.59 Å². The maximum absolute atomic E-state index is 12.4. The number of halogens is 1. The molecule has 2 amide bonds. The van der Waals surface area contributed by atoms with Gasteiger partial charge in [-0.15, -0.1) is 0 Å². The number of carbonyl (C=O) groups is 2. The smallest absolute Gasteiger partial charge is 0.253 e. The summed E-state index contributed by atoms with van der Waals surface area (Å²) in [7, 11) is 0. The molecule has 0 radical (unpaired) electrons. The van der Waals surface area contributed by atoms with Gasteiger partial charge in [0.2, 0.25) is 5.91 Å². The normalized spacial score (nSPS) is 15.6. The average Bonchev–Trinajstić information content (AvgIpc) is 2.53. The molecule has 1 saturated heterocycles. The first-order valence-corrected chi connectivity index (χ1v) is 8.43. The van der Waals surface area contributed by atoms with Gasteiger partial charge in [0.25, 0.3) is 5.91 Å². The van der Waals surface area contributed by atoms with Crippen LogP contribution in [0, 0.1) is 0 Å². The van der Waals surface area contributed by atoms with Gasteiger partial charge in [-0.25, -0.2) is 0 Å². The topological polar surface area (TPSA) is 52.7 Å². The first-order chi connectivity index (χ1) is 10.6. The minimum atomic E-state index is 0.0522. The molecule has 0 aliphatic carbocycles. The zero-order valence-electron chi connectivity index (χ0n) is 12.8. The highest BCUT2D eigenvalue weighted by Gasteiger charge is 2.23. The van der Waals surface area contributed by atoms with Crippen LogP contribution in [0.3, 0.4) is 0 Å². The molecule has 1 heterocycles. The molecule has 22 heavy (non-hydrogen) atoms. The number of nitrogens with one attached hydrogen (secondary N) is 1. The predicted octanol–water partition coefficient (Wildman–Crippen LogP) is 1.73. The molecule has 0 spiro atoms. The van der Waals surface area contributed by atoms with Crippen LogP contribution in [0.15, 0.2) is 28.7 Å². The number of amides is 2. The van der Waals surface area contributed by atoms with E-state index in [1.54, 1.807) is 0 Å². The van der Waals surface area contributed by atoms with Crippen molar-refractivity contribution in [3.8, 4) is 0 Å². The number of hydrogen-bond acceptors (Lipinski definition) is 3. The van der Waals surface area contributed by atoms with Gasteiger partial charge in [-0.2, -0.15) is 0 Å². The molecule has 2 rings (SSSR count). The molecule has 0 bridgehead atoms. The van der Waals surface area contributed by atoms with E-state index < -0.39 is 0 Å². The lowest BCUT2D eigenvalue weighted by molar-refractivity contribution is -0.122. The van der Waals surface area contributed by atoms with Gasteiger partial charge in [-0.05, 0) is 24.6 Å². The Morgan fingerprint density at radius 3 is 2.59 bits per heavy atom. The lowest BCUT2D eigenvalue weighted by atomic mass is 10.2. The molecule has 1 aromatic carbocycles. The van der Waals surface area contributed by atoms with Crippen LogP contribution in [0.1, 0.15) is 23.7 Å². The van der Waals surface area contributed by atoms with Gasteiger partial charge in [0.15, 0.2) is 0 Å². The Bertz CT molecular complexity index is 528. The molecule has 1 aliphatic heterocycles. The number of hydrogen-bond donors (Lipinski definition) is 1. The van der Waals surface area contributed by atoms with Crippen LogP contribution in [0.5, 0.6) is 0 Å². The Hall–Kier alpha value is -1.40. The van der Waals surface area contributed by atoms with E-state index in [0.717, 1.165) is 30.5 Å². The third-order valence-electron chi connectivity index (χ3n) is 3.67. The summed E-state index contributed by atoms with van der Waals surface area (Å²) in [4.78, 5) is 28.1. The fraction of sp³-hybridized carbons (Fsp3) is 0.500. The number of rotatable bonds is 5. The van der Waals surface area contributed by atoms with E-state index in [2.05, 4.69) is 26.1 Å². The highest BCUT2D eigenvalue weighted by Crippen LogP contribution is 2.14. The van der Waals surface area contributed by atoms with Crippen LogP contribution in [0.25, 0.3) is 0 Å². The predicted molar refractivity (Wildman–Crippen MR) is 89.8 cm³/mol. The molecule has 1 aliphatic rings. The van der Waals surface area contributed by atoms with Crippen LogP contribution in [0.4, 0.5) is 0 Å². The largest absolute Gasteiger partial charge is 0.355 e. The number of nitrogens with zero attached hydrogens (tertiary/aromatic N) is 2. The minimum Gasteiger partial charge on any atom is -0.355 e. The fourth-order valence-electron chi connectivity index (χ4n) is 2.44. The van der Waals surface area contributed by atoms with Gasteiger partial charge in [-0.1, -0.05) is 28.9 Å². The summed E-state index contributed by atoms with van der Waals surface area (Å²) in [5.74, 6) is 0.116. The number of benzene rings is 1. The van der Waals surface area contributed by atoms with Crippen LogP contribution < -0.4 is 5.32 Å². The maximum atomic E-state index is 12.4. The van der Waals surface area contributed by atoms with Gasteiger partial charge >= 0.3 is 0 Å². The van der Waals surface area contributed by atoms with Crippen LogP contribution in [-0.4, -0.2) is 60.9 Å². The zero-order chi connectivity index (χ0) is 15.9. The van der Waals surface area contributed by atoms with Crippen molar-refractivity contribution in [2.24, 2.45) is 0 Å². The molecular weight excluding hydrogens is 346 g/mol. The van der Waals surface area contributed by atoms with Crippen LogP contribution >= 0.6 is 15.9 Å². The Kier molecular flexibility index (Phi) is 6.39. The summed E-state index contributed by atoms with van der Waals surface area (Å²) >= 11 is 3.39. The number of carbonyl (C=O) groups excluding carboxylic acids is 2. The van der Waals surface area contributed by atoms with Gasteiger partial charge in [0, 0.05) is 42.8 Å². The highest BCUT2D eigenvalue weighted by molar-refractivity contribution is 9.10. The average molecular weight is 368 g/mol. The second kappa shape index (κ2) is 8.29. The molecule has 0 saturated carbocycles. The van der Waals surface area contributed by atoms with Crippen molar-refractivity contribution in [3.63, 3.8) is 0 Å². The standard InChI is InChI=1S/C16H22BrN3O2/c1-2-6-18-15(21)12-19-7-9-20(10-8-19)16(22)13-4-3-5-14(17)11-13/h3-5,11H,2,6-10,12H2,1H3,(H,18,21). The molecule has 120 valence electrons. The van der Waals surface area contributed by atoms with E-state index in [0.29, 0.717) is 25.2 Å². The Labute approximate surface area is 139 Å². The first-order valence-electron chi connectivity index (χ1n) is 7.64. The zero-order valence-corrected chi connectivity index (χ0v) is 14.4. The first kappa shape index (κ1) is 17.0. The maximum Gasteiger partial charge on any atom is 0.253 e. The third kappa shape index (κ3) is 4.81. The summed E-state index contributed by atoms with van der Waals surface area (Å²) in [6.07, 6.45) is 0.945. The summed E-state index contributed by atoms with van der Waals surface area (Å²) < 4.78 is 0.907. The van der Waals surface area contributed by atoms with E-state index in [4.69, 9.17) is 0 Å². The molecule has 1 fully saturated rings. The van der Waals surface area contributed by atoms with E-state index in [9.17, 15) is 9.59 Å². The molecular formula is C16H22BrN3O2. The molecule has 0 aromatic heterocycles. The summed E-state index contributed by atoms with van der Waals surface area (Å²) in [6, 6.07) is 7.44. The van der Waals surface area contributed by atoms with Gasteiger partial charge in [0.1, 0.15) is 0 Å². The molecule has 1 N–H and O–H groups in total. The van der Waals surface area contributed by atoms with Crippen molar-refractivity contribution in [1.29, 1.82) is 0 Å². The van der Waals surface area contributed by atoms with E-state index in [1.165, 1.54) is 0 Å². The minimum absolute atomic E-state index is 0.0522. The van der Waals surface area contributed by atoms with Crippen molar-refractivity contribution in [2.75, 3.05) is 39.3 Å². The SMILES string of the molecule is CCCNC(=O)CN1CCN(C(=O)c2cccc(Br)c2)CC1. The van der Waals surface area contributed by atoms with E-state index >= 15 is 0 Å². The number of piperazine rings is 1. The monoisotopic (exact) mass is 367 g/mol. The van der Waals surface area contributed by atoms with Crippen LogP contribution in [-0.2, 0) is 4.79 Å². The summed E-state index contributed by atoms with van der Waals surface area (Å²) in [5.41, 5.74) is 0.698. The van der Waals surface area contributed by atoms with Gasteiger partial charge < -0.3 is 10.2 Å². The Morgan fingerprint density at radius 2 is 1.95 bits per heavy atom. The van der Waals surface area contributed by atoms with E-state index in [-0.39, 0.29) is 11.8 Å². The molecule has 0 atom stereocenters. The summed E-state index contributed by atoms with van der Waals surface area (Å²) in [5, 5.41) is 2.88.